The van der Waals surface area contributed by atoms with Crippen molar-refractivity contribution in [3.05, 3.63) is 70.3 Å². The van der Waals surface area contributed by atoms with Crippen LogP contribution < -0.4 is 14.8 Å². The molecule has 7 nitrogen and oxygen atoms in total. The summed E-state index contributed by atoms with van der Waals surface area (Å²) in [6, 6.07) is 11.6. The van der Waals surface area contributed by atoms with E-state index >= 15 is 0 Å². The standard InChI is InChI=1S/C30H36ClN3O4S2/c1-37-27-5-3-2-4-14-40(32,36)33-29(35)21-7-11-28-26(16-21)34(17-22-6-9-24(22)27)18-30(19-38-28)25-10-8-23(31)15-20(25)12-13-39-30/h3,5,7-8,10-11,15-16,22,24,27H,2,4,6,9,12-14,17-19H2,1H3,(H2,32,33,35,36)/b5-3+/t22-,24+,27-,30+,40+/m0/s1. The SMILES string of the molecule is CO[C@H]1/C=C/CCC[S@](N)(=O)=NC(=O)c2ccc3c(c2)N(C[C@@H]2CC[C@H]21)C[C@]1(CO3)SCCc2cc(Cl)ccc21. The third-order valence-corrected chi connectivity index (χ3v) is 11.8. The van der Waals surface area contributed by atoms with Crippen LogP contribution in [0.2, 0.25) is 5.02 Å². The van der Waals surface area contributed by atoms with Crippen LogP contribution in [0.1, 0.15) is 47.2 Å². The molecule has 0 aromatic heterocycles. The number of fused-ring (bicyclic) bond motifs is 4. The van der Waals surface area contributed by atoms with Gasteiger partial charge >= 0.3 is 0 Å². The van der Waals surface area contributed by atoms with Gasteiger partial charge in [0, 0.05) is 36.5 Å². The molecular formula is C30H36ClN3O4S2. The van der Waals surface area contributed by atoms with E-state index in [-0.39, 0.29) is 16.6 Å². The number of carbonyl (C=O) groups is 1. The Morgan fingerprint density at radius 3 is 2.92 bits per heavy atom. The minimum absolute atomic E-state index is 0.0232. The number of hydrogen-bond donors (Lipinski definition) is 1. The number of allylic oxidation sites excluding steroid dienone is 1. The van der Waals surface area contributed by atoms with Gasteiger partial charge in [-0.2, -0.15) is 0 Å². The Hall–Kier alpha value is -2.04. The maximum absolute atomic E-state index is 13.2. The molecule has 6 rings (SSSR count). The molecule has 1 fully saturated rings. The lowest BCUT2D eigenvalue weighted by molar-refractivity contribution is 0.0134. The molecule has 4 aliphatic rings. The van der Waals surface area contributed by atoms with Crippen LogP contribution in [0.5, 0.6) is 5.75 Å². The predicted octanol–water partition coefficient (Wildman–Crippen LogP) is 5.60. The van der Waals surface area contributed by atoms with E-state index in [4.69, 9.17) is 26.2 Å². The molecule has 1 amide bonds. The van der Waals surface area contributed by atoms with Crippen molar-refractivity contribution in [2.45, 2.75) is 43.0 Å². The Bertz CT molecular complexity index is 1460. The van der Waals surface area contributed by atoms with Crippen LogP contribution in [0.25, 0.3) is 0 Å². The van der Waals surface area contributed by atoms with Gasteiger partial charge in [-0.15, -0.1) is 16.1 Å². The summed E-state index contributed by atoms with van der Waals surface area (Å²) in [4.78, 5) is 15.6. The normalized spacial score (nSPS) is 33.0. The molecule has 40 heavy (non-hydrogen) atoms. The first kappa shape index (κ1) is 28.1. The van der Waals surface area contributed by atoms with Crippen LogP contribution in [-0.4, -0.2) is 54.5 Å². The molecule has 1 spiro atoms. The Balaban J connectivity index is 1.44. The zero-order valence-corrected chi connectivity index (χ0v) is 25.1. The molecule has 3 heterocycles. The first-order valence-electron chi connectivity index (χ1n) is 14.0. The fourth-order valence-electron chi connectivity index (χ4n) is 6.52. The predicted molar refractivity (Wildman–Crippen MR) is 163 cm³/mol. The Morgan fingerprint density at radius 2 is 2.12 bits per heavy atom. The van der Waals surface area contributed by atoms with Gasteiger partial charge in [-0.05, 0) is 91.2 Å². The maximum Gasteiger partial charge on any atom is 0.286 e. The summed E-state index contributed by atoms with van der Waals surface area (Å²) < 4.78 is 29.1. The molecule has 1 aliphatic carbocycles. The number of nitrogens with zero attached hydrogens (tertiary/aromatic N) is 2. The minimum atomic E-state index is -3.14. The quantitative estimate of drug-likeness (QED) is 0.428. The van der Waals surface area contributed by atoms with Gasteiger partial charge in [0.2, 0.25) is 0 Å². The summed E-state index contributed by atoms with van der Waals surface area (Å²) in [6.45, 7) is 2.07. The molecule has 10 heteroatoms. The summed E-state index contributed by atoms with van der Waals surface area (Å²) >= 11 is 8.33. The molecule has 2 aromatic rings. The second-order valence-electron chi connectivity index (χ2n) is 11.3. The van der Waals surface area contributed by atoms with E-state index in [1.54, 1.807) is 13.2 Å². The molecule has 5 atom stereocenters. The van der Waals surface area contributed by atoms with Crippen molar-refractivity contribution >= 4 is 44.9 Å². The number of methoxy groups -OCH3 is 1. The maximum atomic E-state index is 13.2. The third kappa shape index (κ3) is 5.55. The summed E-state index contributed by atoms with van der Waals surface area (Å²) in [7, 11) is -1.36. The molecule has 2 bridgehead atoms. The Morgan fingerprint density at radius 1 is 1.25 bits per heavy atom. The van der Waals surface area contributed by atoms with Gasteiger partial charge in [0.05, 0.1) is 16.5 Å². The molecule has 3 aliphatic heterocycles. The fourth-order valence-corrected chi connectivity index (χ4v) is 9.23. The smallest absolute Gasteiger partial charge is 0.286 e. The van der Waals surface area contributed by atoms with E-state index in [1.807, 2.05) is 30.0 Å². The summed E-state index contributed by atoms with van der Waals surface area (Å²) in [5.41, 5.74) is 3.78. The summed E-state index contributed by atoms with van der Waals surface area (Å²) in [5.74, 6) is 2.18. The average molecular weight is 602 g/mol. The van der Waals surface area contributed by atoms with Gasteiger partial charge in [0.25, 0.3) is 5.91 Å². The first-order valence-corrected chi connectivity index (χ1v) is 17.1. The van der Waals surface area contributed by atoms with Crippen molar-refractivity contribution in [2.24, 2.45) is 21.3 Å². The zero-order chi connectivity index (χ0) is 27.9. The third-order valence-electron chi connectivity index (χ3n) is 8.76. The number of nitrogens with two attached hydrogens (primary N) is 1. The minimum Gasteiger partial charge on any atom is -0.490 e. The van der Waals surface area contributed by atoms with Crippen molar-refractivity contribution < 1.29 is 18.5 Å². The number of rotatable bonds is 1. The number of hydrogen-bond acceptors (Lipinski definition) is 6. The number of ether oxygens (including phenoxy) is 2. The van der Waals surface area contributed by atoms with Crippen molar-refractivity contribution in [1.29, 1.82) is 0 Å². The van der Waals surface area contributed by atoms with E-state index in [0.29, 0.717) is 36.8 Å². The van der Waals surface area contributed by atoms with Crippen LogP contribution in [0, 0.1) is 11.8 Å². The second kappa shape index (κ2) is 11.3. The van der Waals surface area contributed by atoms with Crippen molar-refractivity contribution in [2.75, 3.05) is 43.2 Å². The van der Waals surface area contributed by atoms with E-state index in [9.17, 15) is 9.00 Å². The lowest BCUT2D eigenvalue weighted by Crippen LogP contribution is -2.48. The van der Waals surface area contributed by atoms with Gasteiger partial charge < -0.3 is 14.4 Å². The van der Waals surface area contributed by atoms with Crippen molar-refractivity contribution in [3.8, 4) is 5.75 Å². The van der Waals surface area contributed by atoms with Gasteiger partial charge in [-0.3, -0.25) is 4.79 Å². The van der Waals surface area contributed by atoms with E-state index in [0.717, 1.165) is 54.6 Å². The van der Waals surface area contributed by atoms with Gasteiger partial charge in [-0.25, -0.2) is 9.35 Å². The summed E-state index contributed by atoms with van der Waals surface area (Å²) in [5, 5.41) is 6.75. The largest absolute Gasteiger partial charge is 0.490 e. The highest BCUT2D eigenvalue weighted by Gasteiger charge is 2.45. The fraction of sp³-hybridized carbons (Fsp3) is 0.500. The highest BCUT2D eigenvalue weighted by molar-refractivity contribution is 8.00. The number of carbonyl (C=O) groups excluding carboxylic acids is 1. The van der Waals surface area contributed by atoms with Gasteiger partial charge in [0.15, 0.2) is 0 Å². The molecule has 1 saturated carbocycles. The number of anilines is 1. The van der Waals surface area contributed by atoms with Crippen LogP contribution >= 0.6 is 23.4 Å². The van der Waals surface area contributed by atoms with Crippen LogP contribution in [0.15, 0.2) is 52.9 Å². The monoisotopic (exact) mass is 601 g/mol. The Labute approximate surface area is 246 Å². The van der Waals surface area contributed by atoms with Crippen LogP contribution in [-0.2, 0) is 25.8 Å². The van der Waals surface area contributed by atoms with Crippen molar-refractivity contribution in [1.82, 2.24) is 0 Å². The number of halogens is 1. The summed E-state index contributed by atoms with van der Waals surface area (Å²) in [6.07, 6.45) is 8.75. The highest BCUT2D eigenvalue weighted by atomic mass is 35.5. The number of thioether (sulfide) groups is 1. The highest BCUT2D eigenvalue weighted by Crippen LogP contribution is 2.49. The molecular weight excluding hydrogens is 566 g/mol. The van der Waals surface area contributed by atoms with Gasteiger partial charge in [-0.1, -0.05) is 29.8 Å². The molecule has 214 valence electrons. The van der Waals surface area contributed by atoms with E-state index in [1.165, 1.54) is 11.1 Å². The van der Waals surface area contributed by atoms with E-state index in [2.05, 4.69) is 33.5 Å². The lowest BCUT2D eigenvalue weighted by atomic mass is 9.70. The Kier molecular flexibility index (Phi) is 7.96. The van der Waals surface area contributed by atoms with Crippen LogP contribution in [0.3, 0.4) is 0 Å². The van der Waals surface area contributed by atoms with E-state index < -0.39 is 15.8 Å². The zero-order valence-electron chi connectivity index (χ0n) is 22.7. The number of aryl methyl sites for hydroxylation is 1. The molecule has 0 saturated heterocycles. The molecule has 0 unspecified atom stereocenters. The van der Waals surface area contributed by atoms with Crippen molar-refractivity contribution in [3.63, 3.8) is 0 Å². The first-order chi connectivity index (χ1) is 19.3. The molecule has 2 aromatic carbocycles. The number of benzene rings is 2. The topological polar surface area (TPSA) is 94.2 Å². The van der Waals surface area contributed by atoms with Crippen LogP contribution in [0.4, 0.5) is 5.69 Å². The number of amides is 1. The average Bonchev–Trinajstić information content (AvgIpc) is 3.06. The molecule has 0 radical (unpaired) electrons. The molecule has 2 N–H and O–H groups in total. The second-order valence-corrected chi connectivity index (χ2v) is 15.2. The van der Waals surface area contributed by atoms with Gasteiger partial charge in [0.1, 0.15) is 22.3 Å². The lowest BCUT2D eigenvalue weighted by Gasteiger charge is -2.45.